The molecule has 0 saturated heterocycles. The zero-order chi connectivity index (χ0) is 20.7. The number of hydrogen-bond acceptors (Lipinski definition) is 3. The predicted molar refractivity (Wildman–Crippen MR) is 114 cm³/mol. The van der Waals surface area contributed by atoms with Gasteiger partial charge in [-0.2, -0.15) is 0 Å². The summed E-state index contributed by atoms with van der Waals surface area (Å²) in [6.07, 6.45) is 1.70. The van der Waals surface area contributed by atoms with Crippen molar-refractivity contribution >= 4 is 11.9 Å². The Kier molecular flexibility index (Phi) is 4.47. The number of fused-ring (bicyclic) bond motifs is 3. The third-order valence-electron chi connectivity index (χ3n) is 6.12. The summed E-state index contributed by atoms with van der Waals surface area (Å²) in [5, 5.41) is 0. The molecule has 148 valence electrons. The first-order valence-corrected chi connectivity index (χ1v) is 10.0. The molecule has 0 aliphatic carbocycles. The number of ether oxygens (including phenoxy) is 1. The van der Waals surface area contributed by atoms with Gasteiger partial charge >= 0.3 is 5.97 Å². The molecule has 2 aliphatic heterocycles. The summed E-state index contributed by atoms with van der Waals surface area (Å²) < 4.78 is 5.14. The van der Waals surface area contributed by atoms with Gasteiger partial charge in [-0.3, -0.25) is 4.79 Å². The van der Waals surface area contributed by atoms with Gasteiger partial charge in [0.05, 0.1) is 18.7 Å². The van der Waals surface area contributed by atoms with Gasteiger partial charge in [-0.15, -0.1) is 0 Å². The number of carbonyl (C=O) groups is 2. The number of rotatable bonds is 3. The maximum Gasteiger partial charge on any atom is 0.335 e. The molecule has 0 spiro atoms. The van der Waals surface area contributed by atoms with Crippen molar-refractivity contribution in [2.24, 2.45) is 0 Å². The second kappa shape index (κ2) is 7.30. The SMILES string of the molecule is COC(=O)C1=CN2C(=O)c3ccccc3[C@@H]2C(c2ccccc2)[C@@H]1c1ccccc1. The molecule has 30 heavy (non-hydrogen) atoms. The van der Waals surface area contributed by atoms with Crippen molar-refractivity contribution < 1.29 is 14.3 Å². The van der Waals surface area contributed by atoms with E-state index in [4.69, 9.17) is 4.74 Å². The van der Waals surface area contributed by atoms with Crippen molar-refractivity contribution in [1.29, 1.82) is 0 Å². The molecule has 0 aromatic heterocycles. The van der Waals surface area contributed by atoms with Crippen LogP contribution in [0.3, 0.4) is 0 Å². The Balaban J connectivity index is 1.79. The molecule has 1 amide bonds. The maximum atomic E-state index is 13.2. The van der Waals surface area contributed by atoms with Gasteiger partial charge in [-0.05, 0) is 22.8 Å². The summed E-state index contributed by atoms with van der Waals surface area (Å²) >= 11 is 0. The number of benzene rings is 3. The highest BCUT2D eigenvalue weighted by Gasteiger charge is 2.49. The number of amides is 1. The van der Waals surface area contributed by atoms with Crippen LogP contribution in [0.5, 0.6) is 0 Å². The second-order valence-corrected chi connectivity index (χ2v) is 7.65. The molecule has 3 atom stereocenters. The van der Waals surface area contributed by atoms with E-state index >= 15 is 0 Å². The fourth-order valence-corrected chi connectivity index (χ4v) is 4.87. The summed E-state index contributed by atoms with van der Waals surface area (Å²) in [6.45, 7) is 0. The molecule has 0 N–H and O–H groups in total. The van der Waals surface area contributed by atoms with Gasteiger partial charge in [-0.1, -0.05) is 78.9 Å². The average Bonchev–Trinajstić information content (AvgIpc) is 3.10. The monoisotopic (exact) mass is 395 g/mol. The minimum atomic E-state index is -0.410. The average molecular weight is 395 g/mol. The molecule has 3 aromatic rings. The quantitative estimate of drug-likeness (QED) is 0.597. The van der Waals surface area contributed by atoms with Crippen molar-refractivity contribution in [3.63, 3.8) is 0 Å². The van der Waals surface area contributed by atoms with Crippen LogP contribution in [0.15, 0.2) is 96.7 Å². The molecule has 1 unspecified atom stereocenters. The normalized spacial score (nSPS) is 22.2. The lowest BCUT2D eigenvalue weighted by Gasteiger charge is -2.41. The lowest BCUT2D eigenvalue weighted by molar-refractivity contribution is -0.136. The molecule has 5 rings (SSSR count). The Bertz CT molecular complexity index is 1140. The highest BCUT2D eigenvalue weighted by atomic mass is 16.5. The summed E-state index contributed by atoms with van der Waals surface area (Å²) in [7, 11) is 1.38. The molecule has 0 fully saturated rings. The standard InChI is InChI=1S/C26H21NO3/c1-30-26(29)21-16-27-24(19-14-8-9-15-20(19)25(27)28)23(18-12-6-3-7-13-18)22(21)17-10-4-2-5-11-17/h2-16,22-24H,1H3/t22-,23?,24-/m1/s1. The van der Waals surface area contributed by atoms with Gasteiger partial charge in [0.15, 0.2) is 0 Å². The van der Waals surface area contributed by atoms with Gasteiger partial charge in [-0.25, -0.2) is 4.79 Å². The Morgan fingerprint density at radius 1 is 0.833 bits per heavy atom. The first kappa shape index (κ1) is 18.4. The van der Waals surface area contributed by atoms with Crippen LogP contribution in [-0.2, 0) is 9.53 Å². The summed E-state index contributed by atoms with van der Waals surface area (Å²) in [5.74, 6) is -0.849. The molecule has 0 radical (unpaired) electrons. The van der Waals surface area contributed by atoms with E-state index in [9.17, 15) is 9.59 Å². The van der Waals surface area contributed by atoms with Crippen LogP contribution in [0.2, 0.25) is 0 Å². The zero-order valence-corrected chi connectivity index (χ0v) is 16.6. The van der Waals surface area contributed by atoms with Gasteiger partial charge in [0.1, 0.15) is 0 Å². The van der Waals surface area contributed by atoms with Gasteiger partial charge < -0.3 is 9.64 Å². The molecule has 3 aromatic carbocycles. The van der Waals surface area contributed by atoms with E-state index < -0.39 is 5.97 Å². The fraction of sp³-hybridized carbons (Fsp3) is 0.154. The lowest BCUT2D eigenvalue weighted by Crippen LogP contribution is -2.37. The Morgan fingerprint density at radius 3 is 2.10 bits per heavy atom. The van der Waals surface area contributed by atoms with Crippen LogP contribution in [0.4, 0.5) is 0 Å². The predicted octanol–water partition coefficient (Wildman–Crippen LogP) is 4.82. The smallest absolute Gasteiger partial charge is 0.335 e. The minimum Gasteiger partial charge on any atom is -0.466 e. The van der Waals surface area contributed by atoms with E-state index in [0.29, 0.717) is 11.1 Å². The number of methoxy groups -OCH3 is 1. The van der Waals surface area contributed by atoms with Crippen LogP contribution in [0, 0.1) is 0 Å². The van der Waals surface area contributed by atoms with Crippen LogP contribution in [0.25, 0.3) is 0 Å². The van der Waals surface area contributed by atoms with E-state index in [1.54, 1.807) is 11.1 Å². The molecule has 2 aliphatic rings. The largest absolute Gasteiger partial charge is 0.466 e. The van der Waals surface area contributed by atoms with Crippen molar-refractivity contribution in [3.8, 4) is 0 Å². The second-order valence-electron chi connectivity index (χ2n) is 7.65. The first-order valence-electron chi connectivity index (χ1n) is 10.0. The molecule has 0 saturated carbocycles. The molecular weight excluding hydrogens is 374 g/mol. The van der Waals surface area contributed by atoms with E-state index in [2.05, 4.69) is 12.1 Å². The van der Waals surface area contributed by atoms with Gasteiger partial charge in [0, 0.05) is 23.6 Å². The Labute approximate surface area is 175 Å². The molecule has 4 heteroatoms. The number of nitrogens with zero attached hydrogens (tertiary/aromatic N) is 1. The Hall–Kier alpha value is -3.66. The highest BCUT2D eigenvalue weighted by Crippen LogP contribution is 2.55. The zero-order valence-electron chi connectivity index (χ0n) is 16.6. The molecule has 4 nitrogen and oxygen atoms in total. The van der Waals surface area contributed by atoms with E-state index in [1.807, 2.05) is 72.8 Å². The van der Waals surface area contributed by atoms with E-state index in [-0.39, 0.29) is 23.8 Å². The highest BCUT2D eigenvalue weighted by molar-refractivity contribution is 6.02. The van der Waals surface area contributed by atoms with Gasteiger partial charge in [0.2, 0.25) is 0 Å². The van der Waals surface area contributed by atoms with E-state index in [1.165, 1.54) is 7.11 Å². The number of hydrogen-bond donors (Lipinski definition) is 0. The summed E-state index contributed by atoms with van der Waals surface area (Å²) in [5.41, 5.74) is 4.30. The van der Waals surface area contributed by atoms with Crippen molar-refractivity contribution in [1.82, 2.24) is 4.90 Å². The van der Waals surface area contributed by atoms with Gasteiger partial charge in [0.25, 0.3) is 5.91 Å². The summed E-state index contributed by atoms with van der Waals surface area (Å²) in [4.78, 5) is 27.8. The number of esters is 1. The van der Waals surface area contributed by atoms with Crippen LogP contribution < -0.4 is 0 Å². The third-order valence-corrected chi connectivity index (χ3v) is 6.12. The molecule has 2 heterocycles. The van der Waals surface area contributed by atoms with Crippen LogP contribution in [0.1, 0.15) is 44.9 Å². The third kappa shape index (κ3) is 2.76. The lowest BCUT2D eigenvalue weighted by atomic mass is 9.70. The topological polar surface area (TPSA) is 46.6 Å². The van der Waals surface area contributed by atoms with Crippen LogP contribution in [-0.4, -0.2) is 23.9 Å². The van der Waals surface area contributed by atoms with Crippen molar-refractivity contribution in [3.05, 3.63) is 119 Å². The summed E-state index contributed by atoms with van der Waals surface area (Å²) in [6, 6.07) is 27.7. The molecular formula is C26H21NO3. The first-order chi connectivity index (χ1) is 14.7. The van der Waals surface area contributed by atoms with Crippen molar-refractivity contribution in [2.75, 3.05) is 7.11 Å². The Morgan fingerprint density at radius 2 is 1.43 bits per heavy atom. The molecule has 0 bridgehead atoms. The van der Waals surface area contributed by atoms with Crippen LogP contribution >= 0.6 is 0 Å². The fourth-order valence-electron chi connectivity index (χ4n) is 4.87. The number of carbonyl (C=O) groups excluding carboxylic acids is 2. The van der Waals surface area contributed by atoms with E-state index in [0.717, 1.165) is 16.7 Å². The maximum absolute atomic E-state index is 13.2. The van der Waals surface area contributed by atoms with Crippen molar-refractivity contribution in [2.45, 2.75) is 17.9 Å². The minimum absolute atomic E-state index is 0.0792.